The molecule has 0 radical (unpaired) electrons. The maximum Gasteiger partial charge on any atom is 0.257 e. The summed E-state index contributed by atoms with van der Waals surface area (Å²) in [6.07, 6.45) is 3.46. The average Bonchev–Trinajstić information content (AvgIpc) is 2.79. The molecule has 1 aliphatic heterocycles. The van der Waals surface area contributed by atoms with Crippen LogP contribution in [0.3, 0.4) is 0 Å². The van der Waals surface area contributed by atoms with Gasteiger partial charge in [0.2, 0.25) is 11.9 Å². The quantitative estimate of drug-likeness (QED) is 0.802. The van der Waals surface area contributed by atoms with Crippen LogP contribution < -0.4 is 10.7 Å². The lowest BCUT2D eigenvalue weighted by Crippen LogP contribution is -2.36. The molecule has 0 bridgehead atoms. The Morgan fingerprint density at radius 1 is 1.30 bits per heavy atom. The van der Waals surface area contributed by atoms with Crippen LogP contribution in [0.1, 0.15) is 41.3 Å². The SMILES string of the molecule is CC1CCc2cc(NC(=O)c3ccc(F)nc3)ccc2C2=NNC(=O)CC21. The number of amides is 2. The second kappa shape index (κ2) is 6.90. The van der Waals surface area contributed by atoms with Gasteiger partial charge < -0.3 is 5.32 Å². The smallest absolute Gasteiger partial charge is 0.257 e. The van der Waals surface area contributed by atoms with Crippen molar-refractivity contribution in [1.29, 1.82) is 0 Å². The monoisotopic (exact) mass is 366 g/mol. The van der Waals surface area contributed by atoms with Gasteiger partial charge in [0.05, 0.1) is 11.3 Å². The van der Waals surface area contributed by atoms with E-state index in [1.807, 2.05) is 18.2 Å². The summed E-state index contributed by atoms with van der Waals surface area (Å²) < 4.78 is 12.9. The minimum absolute atomic E-state index is 0.0455. The standard InChI is InChI=1S/C20H19FN4O2/c1-11-2-3-12-8-14(23-20(27)13-4-7-17(21)22-10-13)5-6-15(12)19-16(11)9-18(26)24-25-19/h4-8,10-11,16H,2-3,9H2,1H3,(H,23,27)(H,24,26). The molecular weight excluding hydrogens is 347 g/mol. The molecule has 138 valence electrons. The van der Waals surface area contributed by atoms with E-state index in [4.69, 9.17) is 0 Å². The Balaban J connectivity index is 1.61. The highest BCUT2D eigenvalue weighted by Crippen LogP contribution is 2.34. The van der Waals surface area contributed by atoms with Gasteiger partial charge in [0, 0.05) is 29.8 Å². The molecule has 1 aromatic heterocycles. The molecule has 7 heteroatoms. The number of pyridine rings is 1. The van der Waals surface area contributed by atoms with E-state index in [9.17, 15) is 14.0 Å². The van der Waals surface area contributed by atoms with Crippen LogP contribution in [0.25, 0.3) is 0 Å². The van der Waals surface area contributed by atoms with E-state index in [2.05, 4.69) is 27.8 Å². The molecule has 0 saturated carbocycles. The molecule has 0 saturated heterocycles. The number of anilines is 1. The van der Waals surface area contributed by atoms with E-state index in [0.29, 0.717) is 23.6 Å². The number of nitrogens with zero attached hydrogens (tertiary/aromatic N) is 2. The highest BCUT2D eigenvalue weighted by molar-refractivity contribution is 6.08. The van der Waals surface area contributed by atoms with Gasteiger partial charge in [0.15, 0.2) is 0 Å². The molecule has 0 fully saturated rings. The largest absolute Gasteiger partial charge is 0.322 e. The van der Waals surface area contributed by atoms with Crippen LogP contribution in [0.5, 0.6) is 0 Å². The van der Waals surface area contributed by atoms with Gasteiger partial charge >= 0.3 is 0 Å². The van der Waals surface area contributed by atoms with Gasteiger partial charge in [-0.15, -0.1) is 0 Å². The lowest BCUT2D eigenvalue weighted by Gasteiger charge is -2.26. The van der Waals surface area contributed by atoms with Crippen molar-refractivity contribution in [2.75, 3.05) is 5.32 Å². The van der Waals surface area contributed by atoms with Crippen molar-refractivity contribution < 1.29 is 14.0 Å². The number of aryl methyl sites for hydroxylation is 1. The normalized spacial score (nSPS) is 21.3. The second-order valence-electron chi connectivity index (χ2n) is 7.05. The lowest BCUT2D eigenvalue weighted by molar-refractivity contribution is -0.122. The number of carbonyl (C=O) groups is 2. The van der Waals surface area contributed by atoms with Crippen molar-refractivity contribution in [2.45, 2.75) is 26.2 Å². The number of hydrazone groups is 1. The van der Waals surface area contributed by atoms with Crippen molar-refractivity contribution in [3.05, 3.63) is 59.2 Å². The minimum atomic E-state index is -0.624. The Kier molecular flexibility index (Phi) is 4.43. The average molecular weight is 366 g/mol. The zero-order chi connectivity index (χ0) is 19.0. The Hall–Kier alpha value is -3.09. The third-order valence-electron chi connectivity index (χ3n) is 5.24. The molecule has 0 spiro atoms. The van der Waals surface area contributed by atoms with Crippen molar-refractivity contribution in [3.63, 3.8) is 0 Å². The fourth-order valence-electron chi connectivity index (χ4n) is 3.70. The van der Waals surface area contributed by atoms with Gasteiger partial charge in [-0.3, -0.25) is 9.59 Å². The Labute approximate surface area is 155 Å². The highest BCUT2D eigenvalue weighted by atomic mass is 19.1. The number of carbonyl (C=O) groups excluding carboxylic acids is 2. The van der Waals surface area contributed by atoms with E-state index in [1.165, 1.54) is 12.3 Å². The fraction of sp³-hybridized carbons (Fsp3) is 0.300. The molecule has 2 aliphatic rings. The first kappa shape index (κ1) is 17.3. The molecule has 1 aromatic carbocycles. The molecule has 2 atom stereocenters. The number of fused-ring (bicyclic) bond motifs is 3. The first-order chi connectivity index (χ1) is 13.0. The highest BCUT2D eigenvalue weighted by Gasteiger charge is 2.33. The molecule has 4 rings (SSSR count). The number of nitrogens with one attached hydrogen (secondary N) is 2. The Morgan fingerprint density at radius 3 is 2.93 bits per heavy atom. The minimum Gasteiger partial charge on any atom is -0.322 e. The summed E-state index contributed by atoms with van der Waals surface area (Å²) in [5.41, 5.74) is 6.56. The predicted octanol–water partition coefficient (Wildman–Crippen LogP) is 2.90. The van der Waals surface area contributed by atoms with Crippen LogP contribution in [0, 0.1) is 17.8 Å². The fourth-order valence-corrected chi connectivity index (χ4v) is 3.70. The van der Waals surface area contributed by atoms with Crippen molar-refractivity contribution in [3.8, 4) is 0 Å². The van der Waals surface area contributed by atoms with Gasteiger partial charge in [0.25, 0.3) is 5.91 Å². The molecular formula is C20H19FN4O2. The van der Waals surface area contributed by atoms with E-state index in [-0.39, 0.29) is 17.7 Å². The second-order valence-corrected chi connectivity index (χ2v) is 7.05. The summed E-state index contributed by atoms with van der Waals surface area (Å²) in [4.78, 5) is 27.6. The first-order valence-corrected chi connectivity index (χ1v) is 8.94. The number of hydrogen-bond donors (Lipinski definition) is 2. The van der Waals surface area contributed by atoms with Crippen molar-refractivity contribution >= 4 is 23.2 Å². The zero-order valence-electron chi connectivity index (χ0n) is 14.8. The first-order valence-electron chi connectivity index (χ1n) is 8.94. The Morgan fingerprint density at radius 2 is 2.15 bits per heavy atom. The molecule has 27 heavy (non-hydrogen) atoms. The molecule has 2 N–H and O–H groups in total. The topological polar surface area (TPSA) is 83.4 Å². The van der Waals surface area contributed by atoms with Crippen LogP contribution in [-0.2, 0) is 11.2 Å². The summed E-state index contributed by atoms with van der Waals surface area (Å²) in [5, 5.41) is 7.14. The van der Waals surface area contributed by atoms with Crippen LogP contribution in [0.15, 0.2) is 41.6 Å². The zero-order valence-corrected chi connectivity index (χ0v) is 14.8. The summed E-state index contributed by atoms with van der Waals surface area (Å²) in [6, 6.07) is 8.25. The van der Waals surface area contributed by atoms with Crippen LogP contribution in [0.2, 0.25) is 0 Å². The number of rotatable bonds is 2. The third kappa shape index (κ3) is 3.45. The van der Waals surface area contributed by atoms with Crippen molar-refractivity contribution in [1.82, 2.24) is 10.4 Å². The molecule has 2 aromatic rings. The van der Waals surface area contributed by atoms with E-state index < -0.39 is 5.95 Å². The van der Waals surface area contributed by atoms with Crippen LogP contribution >= 0.6 is 0 Å². The third-order valence-corrected chi connectivity index (χ3v) is 5.24. The van der Waals surface area contributed by atoms with Gasteiger partial charge in [-0.1, -0.05) is 13.0 Å². The number of halogens is 1. The van der Waals surface area contributed by atoms with E-state index in [1.54, 1.807) is 0 Å². The van der Waals surface area contributed by atoms with Gasteiger partial charge in [-0.2, -0.15) is 9.49 Å². The number of benzene rings is 1. The van der Waals surface area contributed by atoms with Gasteiger partial charge in [-0.05, 0) is 48.6 Å². The Bertz CT molecular complexity index is 939. The lowest BCUT2D eigenvalue weighted by atomic mass is 9.83. The maximum atomic E-state index is 12.9. The molecule has 1 aliphatic carbocycles. The summed E-state index contributed by atoms with van der Waals surface area (Å²) in [7, 11) is 0. The van der Waals surface area contributed by atoms with E-state index >= 15 is 0 Å². The number of aromatic nitrogens is 1. The van der Waals surface area contributed by atoms with Gasteiger partial charge in [0.1, 0.15) is 0 Å². The molecule has 2 unspecified atom stereocenters. The van der Waals surface area contributed by atoms with E-state index in [0.717, 1.165) is 35.7 Å². The van der Waals surface area contributed by atoms with Crippen LogP contribution in [-0.4, -0.2) is 22.5 Å². The summed E-state index contributed by atoms with van der Waals surface area (Å²) in [6.45, 7) is 2.15. The molecule has 2 heterocycles. The predicted molar refractivity (Wildman–Crippen MR) is 98.9 cm³/mol. The summed E-state index contributed by atoms with van der Waals surface area (Å²) in [5.74, 6) is -0.544. The molecule has 2 amide bonds. The number of hydrogen-bond acceptors (Lipinski definition) is 4. The maximum absolute atomic E-state index is 12.9. The van der Waals surface area contributed by atoms with Gasteiger partial charge in [-0.25, -0.2) is 10.4 Å². The van der Waals surface area contributed by atoms with Crippen LogP contribution in [0.4, 0.5) is 10.1 Å². The summed E-state index contributed by atoms with van der Waals surface area (Å²) >= 11 is 0. The molecule has 6 nitrogen and oxygen atoms in total. The van der Waals surface area contributed by atoms with Crippen molar-refractivity contribution in [2.24, 2.45) is 16.9 Å².